The normalized spacial score (nSPS) is 17.9. The SMILES string of the molecule is CCN(CC)C(C)(C#N)C(C)OC. The molecule has 2 atom stereocenters. The lowest BCUT2D eigenvalue weighted by Crippen LogP contribution is -2.53. The number of ether oxygens (including phenoxy) is 1. The minimum atomic E-state index is -0.516. The Morgan fingerprint density at radius 3 is 2.15 bits per heavy atom. The summed E-state index contributed by atoms with van der Waals surface area (Å²) < 4.78 is 5.23. The van der Waals surface area contributed by atoms with Crippen LogP contribution in [0.15, 0.2) is 0 Å². The Hall–Kier alpha value is -0.590. The monoisotopic (exact) mass is 184 g/mol. The summed E-state index contributed by atoms with van der Waals surface area (Å²) in [7, 11) is 1.64. The first-order valence-electron chi connectivity index (χ1n) is 4.75. The summed E-state index contributed by atoms with van der Waals surface area (Å²) in [5.41, 5.74) is -0.516. The summed E-state index contributed by atoms with van der Waals surface area (Å²) in [6.45, 7) is 9.71. The van der Waals surface area contributed by atoms with Crippen molar-refractivity contribution in [3.8, 4) is 6.07 Å². The third kappa shape index (κ3) is 2.43. The molecule has 0 radical (unpaired) electrons. The van der Waals surface area contributed by atoms with Crippen LogP contribution in [0.4, 0.5) is 0 Å². The highest BCUT2D eigenvalue weighted by atomic mass is 16.5. The van der Waals surface area contributed by atoms with Crippen LogP contribution in [0.3, 0.4) is 0 Å². The van der Waals surface area contributed by atoms with Crippen LogP contribution in [0.2, 0.25) is 0 Å². The van der Waals surface area contributed by atoms with Gasteiger partial charge in [0, 0.05) is 7.11 Å². The molecule has 0 aliphatic heterocycles. The Kier molecular flexibility index (Phi) is 4.97. The van der Waals surface area contributed by atoms with Crippen molar-refractivity contribution >= 4 is 0 Å². The molecule has 0 aromatic heterocycles. The van der Waals surface area contributed by atoms with E-state index in [1.54, 1.807) is 7.11 Å². The molecule has 3 heteroatoms. The fourth-order valence-corrected chi connectivity index (χ4v) is 1.53. The van der Waals surface area contributed by atoms with Crippen molar-refractivity contribution in [3.63, 3.8) is 0 Å². The van der Waals surface area contributed by atoms with Crippen LogP contribution < -0.4 is 0 Å². The number of nitriles is 1. The molecule has 3 nitrogen and oxygen atoms in total. The van der Waals surface area contributed by atoms with Crippen LogP contribution in [0.5, 0.6) is 0 Å². The molecule has 0 aromatic rings. The number of rotatable bonds is 5. The van der Waals surface area contributed by atoms with Crippen molar-refractivity contribution in [1.82, 2.24) is 4.90 Å². The molecule has 2 unspecified atom stereocenters. The number of hydrogen-bond donors (Lipinski definition) is 0. The van der Waals surface area contributed by atoms with E-state index < -0.39 is 5.54 Å². The molecule has 13 heavy (non-hydrogen) atoms. The predicted octanol–water partition coefficient (Wildman–Crippen LogP) is 1.65. The molecule has 0 spiro atoms. The lowest BCUT2D eigenvalue weighted by molar-refractivity contribution is -0.0000749. The van der Waals surface area contributed by atoms with E-state index in [0.717, 1.165) is 13.1 Å². The average Bonchev–Trinajstić information content (AvgIpc) is 2.17. The maximum atomic E-state index is 9.15. The largest absolute Gasteiger partial charge is 0.379 e. The van der Waals surface area contributed by atoms with Gasteiger partial charge in [-0.25, -0.2) is 0 Å². The van der Waals surface area contributed by atoms with E-state index in [4.69, 9.17) is 10.00 Å². The molecular formula is C10H20N2O. The van der Waals surface area contributed by atoms with Crippen LogP contribution in [-0.2, 0) is 4.74 Å². The predicted molar refractivity (Wildman–Crippen MR) is 53.4 cm³/mol. The molecule has 0 aliphatic rings. The van der Waals surface area contributed by atoms with Crippen LogP contribution in [0.25, 0.3) is 0 Å². The third-order valence-corrected chi connectivity index (χ3v) is 2.79. The number of methoxy groups -OCH3 is 1. The highest BCUT2D eigenvalue weighted by Crippen LogP contribution is 2.20. The summed E-state index contributed by atoms with van der Waals surface area (Å²) in [6, 6.07) is 2.33. The van der Waals surface area contributed by atoms with Gasteiger partial charge in [0.15, 0.2) is 0 Å². The topological polar surface area (TPSA) is 36.3 Å². The van der Waals surface area contributed by atoms with Gasteiger partial charge in [-0.3, -0.25) is 4.90 Å². The van der Waals surface area contributed by atoms with Crippen molar-refractivity contribution in [1.29, 1.82) is 5.26 Å². The summed E-state index contributed by atoms with van der Waals surface area (Å²) in [5, 5.41) is 9.15. The zero-order chi connectivity index (χ0) is 10.5. The van der Waals surface area contributed by atoms with Gasteiger partial charge in [-0.1, -0.05) is 13.8 Å². The first kappa shape index (κ1) is 12.4. The van der Waals surface area contributed by atoms with Gasteiger partial charge in [0.1, 0.15) is 5.54 Å². The Morgan fingerprint density at radius 1 is 1.46 bits per heavy atom. The van der Waals surface area contributed by atoms with Crippen molar-refractivity contribution in [2.75, 3.05) is 20.2 Å². The van der Waals surface area contributed by atoms with E-state index >= 15 is 0 Å². The van der Waals surface area contributed by atoms with Gasteiger partial charge in [0.05, 0.1) is 12.2 Å². The van der Waals surface area contributed by atoms with E-state index in [2.05, 4.69) is 24.8 Å². The minimum absolute atomic E-state index is 0.0719. The van der Waals surface area contributed by atoms with Crippen LogP contribution in [0.1, 0.15) is 27.7 Å². The fourth-order valence-electron chi connectivity index (χ4n) is 1.53. The van der Waals surface area contributed by atoms with Crippen molar-refractivity contribution in [3.05, 3.63) is 0 Å². The molecule has 0 bridgehead atoms. The lowest BCUT2D eigenvalue weighted by atomic mass is 9.95. The standard InChI is InChI=1S/C10H20N2O/c1-6-12(7-2)10(4,8-11)9(3)13-5/h9H,6-7H2,1-5H3. The van der Waals surface area contributed by atoms with Crippen LogP contribution >= 0.6 is 0 Å². The zero-order valence-corrected chi connectivity index (χ0v) is 9.29. The lowest BCUT2D eigenvalue weighted by Gasteiger charge is -2.38. The molecule has 0 fully saturated rings. The number of nitrogens with zero attached hydrogens (tertiary/aromatic N) is 2. The van der Waals surface area contributed by atoms with Gasteiger partial charge in [-0.2, -0.15) is 5.26 Å². The molecule has 0 heterocycles. The number of likely N-dealkylation sites (N-methyl/N-ethyl adjacent to an activating group) is 1. The van der Waals surface area contributed by atoms with Gasteiger partial charge < -0.3 is 4.74 Å². The van der Waals surface area contributed by atoms with E-state index in [1.807, 2.05) is 13.8 Å². The Labute approximate surface area is 81.3 Å². The van der Waals surface area contributed by atoms with Gasteiger partial charge in [0.2, 0.25) is 0 Å². The van der Waals surface area contributed by atoms with Crippen molar-refractivity contribution in [2.24, 2.45) is 0 Å². The molecule has 0 saturated carbocycles. The van der Waals surface area contributed by atoms with Crippen LogP contribution in [0, 0.1) is 11.3 Å². The second-order valence-corrected chi connectivity index (χ2v) is 3.31. The quantitative estimate of drug-likeness (QED) is 0.651. The molecule has 0 aromatic carbocycles. The molecule has 0 amide bonds. The second-order valence-electron chi connectivity index (χ2n) is 3.31. The summed E-state index contributed by atoms with van der Waals surface area (Å²) in [4.78, 5) is 2.11. The molecule has 0 saturated heterocycles. The van der Waals surface area contributed by atoms with E-state index in [1.165, 1.54) is 0 Å². The highest BCUT2D eigenvalue weighted by molar-refractivity contribution is 5.09. The van der Waals surface area contributed by atoms with E-state index in [0.29, 0.717) is 0 Å². The summed E-state index contributed by atoms with van der Waals surface area (Å²) in [5.74, 6) is 0. The average molecular weight is 184 g/mol. The molecule has 0 rings (SSSR count). The van der Waals surface area contributed by atoms with Crippen LogP contribution in [-0.4, -0.2) is 36.7 Å². The van der Waals surface area contributed by atoms with Gasteiger partial charge in [-0.05, 0) is 26.9 Å². The van der Waals surface area contributed by atoms with Crippen molar-refractivity contribution in [2.45, 2.75) is 39.3 Å². The summed E-state index contributed by atoms with van der Waals surface area (Å²) in [6.07, 6.45) is -0.0719. The Morgan fingerprint density at radius 2 is 1.92 bits per heavy atom. The Bertz CT molecular complexity index is 184. The van der Waals surface area contributed by atoms with E-state index in [9.17, 15) is 0 Å². The Balaban J connectivity index is 4.71. The molecule has 76 valence electrons. The van der Waals surface area contributed by atoms with Gasteiger partial charge in [-0.15, -0.1) is 0 Å². The summed E-state index contributed by atoms with van der Waals surface area (Å²) >= 11 is 0. The zero-order valence-electron chi connectivity index (χ0n) is 9.29. The minimum Gasteiger partial charge on any atom is -0.379 e. The third-order valence-electron chi connectivity index (χ3n) is 2.79. The second kappa shape index (κ2) is 5.21. The maximum absolute atomic E-state index is 9.15. The molecule has 0 N–H and O–H groups in total. The highest BCUT2D eigenvalue weighted by Gasteiger charge is 2.36. The molecule has 0 aliphatic carbocycles. The first-order chi connectivity index (χ1) is 6.06. The van der Waals surface area contributed by atoms with E-state index in [-0.39, 0.29) is 6.10 Å². The van der Waals surface area contributed by atoms with Gasteiger partial charge in [0.25, 0.3) is 0 Å². The molecular weight excluding hydrogens is 164 g/mol. The smallest absolute Gasteiger partial charge is 0.132 e. The van der Waals surface area contributed by atoms with Crippen molar-refractivity contribution < 1.29 is 4.74 Å². The fraction of sp³-hybridized carbons (Fsp3) is 0.900. The number of hydrogen-bond acceptors (Lipinski definition) is 3. The maximum Gasteiger partial charge on any atom is 0.132 e. The van der Waals surface area contributed by atoms with Gasteiger partial charge >= 0.3 is 0 Å². The first-order valence-corrected chi connectivity index (χ1v) is 4.75.